The summed E-state index contributed by atoms with van der Waals surface area (Å²) < 4.78 is 1.78. The van der Waals surface area contributed by atoms with Gasteiger partial charge in [-0.3, -0.25) is 9.55 Å². The van der Waals surface area contributed by atoms with Crippen molar-refractivity contribution in [2.24, 2.45) is 0 Å². The number of aromatic nitrogens is 3. The van der Waals surface area contributed by atoms with Crippen molar-refractivity contribution in [3.63, 3.8) is 0 Å². The van der Waals surface area contributed by atoms with E-state index in [1.807, 2.05) is 43.3 Å². The Labute approximate surface area is 127 Å². The first-order chi connectivity index (χ1) is 10.2. The SMILES string of the molecule is CCn1c(O)nc(-c2ccncc2)c1-c1ccc(Cl)cc1. The third kappa shape index (κ3) is 2.50. The monoisotopic (exact) mass is 299 g/mol. The average Bonchev–Trinajstić information content (AvgIpc) is 2.85. The Balaban J connectivity index is 2.24. The van der Waals surface area contributed by atoms with Crippen LogP contribution in [-0.4, -0.2) is 19.6 Å². The topological polar surface area (TPSA) is 50.9 Å². The van der Waals surface area contributed by atoms with Gasteiger partial charge in [0, 0.05) is 35.1 Å². The van der Waals surface area contributed by atoms with E-state index in [0.29, 0.717) is 11.6 Å². The van der Waals surface area contributed by atoms with Gasteiger partial charge in [-0.1, -0.05) is 23.7 Å². The Morgan fingerprint density at radius 3 is 2.33 bits per heavy atom. The van der Waals surface area contributed by atoms with Gasteiger partial charge in [-0.2, -0.15) is 4.98 Å². The lowest BCUT2D eigenvalue weighted by Gasteiger charge is -2.09. The summed E-state index contributed by atoms with van der Waals surface area (Å²) in [5, 5.41) is 10.8. The first-order valence-corrected chi connectivity index (χ1v) is 7.04. The number of imidazole rings is 1. The van der Waals surface area contributed by atoms with E-state index in [4.69, 9.17) is 11.6 Å². The predicted octanol–water partition coefficient (Wildman–Crippen LogP) is 3.99. The minimum absolute atomic E-state index is 0.00858. The first-order valence-electron chi connectivity index (χ1n) is 6.66. The average molecular weight is 300 g/mol. The Kier molecular flexibility index (Phi) is 3.62. The van der Waals surface area contributed by atoms with Crippen molar-refractivity contribution < 1.29 is 5.11 Å². The Hall–Kier alpha value is -2.33. The quantitative estimate of drug-likeness (QED) is 0.795. The molecular formula is C16H14ClN3O. The fourth-order valence-corrected chi connectivity index (χ4v) is 2.48. The van der Waals surface area contributed by atoms with Crippen LogP contribution < -0.4 is 0 Å². The molecule has 0 amide bonds. The van der Waals surface area contributed by atoms with Crippen LogP contribution in [0.4, 0.5) is 0 Å². The standard InChI is InChI=1S/C16H14ClN3O/c1-2-20-15(12-3-5-13(17)6-4-12)14(19-16(20)21)11-7-9-18-10-8-11/h3-10H,2H2,1H3,(H,19,21). The van der Waals surface area contributed by atoms with Gasteiger partial charge in [0.05, 0.1) is 5.69 Å². The molecule has 21 heavy (non-hydrogen) atoms. The van der Waals surface area contributed by atoms with Gasteiger partial charge in [0.25, 0.3) is 6.01 Å². The second kappa shape index (κ2) is 5.58. The Bertz CT molecular complexity index is 751. The first kappa shape index (κ1) is 13.6. The second-order valence-electron chi connectivity index (χ2n) is 4.60. The summed E-state index contributed by atoms with van der Waals surface area (Å²) >= 11 is 5.95. The van der Waals surface area contributed by atoms with Crippen molar-refractivity contribution in [3.8, 4) is 28.5 Å². The Morgan fingerprint density at radius 2 is 1.71 bits per heavy atom. The summed E-state index contributed by atoms with van der Waals surface area (Å²) in [6, 6.07) is 11.3. The number of pyridine rings is 1. The number of nitrogens with zero attached hydrogens (tertiary/aromatic N) is 3. The molecule has 2 aromatic heterocycles. The molecule has 0 spiro atoms. The molecule has 0 atom stereocenters. The molecule has 3 rings (SSSR count). The summed E-state index contributed by atoms with van der Waals surface area (Å²) in [4.78, 5) is 8.33. The van der Waals surface area contributed by atoms with E-state index in [2.05, 4.69) is 9.97 Å². The zero-order valence-electron chi connectivity index (χ0n) is 11.5. The molecule has 0 unspecified atom stereocenters. The molecule has 1 N–H and O–H groups in total. The number of hydrogen-bond acceptors (Lipinski definition) is 3. The van der Waals surface area contributed by atoms with Crippen molar-refractivity contribution in [2.75, 3.05) is 0 Å². The number of halogens is 1. The molecule has 2 heterocycles. The summed E-state index contributed by atoms with van der Waals surface area (Å²) in [5.41, 5.74) is 3.48. The lowest BCUT2D eigenvalue weighted by molar-refractivity contribution is 0.404. The number of hydrogen-bond donors (Lipinski definition) is 1. The third-order valence-electron chi connectivity index (χ3n) is 3.34. The summed E-state index contributed by atoms with van der Waals surface area (Å²) in [5.74, 6) is 0. The van der Waals surface area contributed by atoms with Gasteiger partial charge in [-0.05, 0) is 31.2 Å². The van der Waals surface area contributed by atoms with Gasteiger partial charge >= 0.3 is 0 Å². The highest BCUT2D eigenvalue weighted by molar-refractivity contribution is 6.30. The second-order valence-corrected chi connectivity index (χ2v) is 5.03. The highest BCUT2D eigenvalue weighted by atomic mass is 35.5. The van der Waals surface area contributed by atoms with Crippen LogP contribution in [0.15, 0.2) is 48.8 Å². The van der Waals surface area contributed by atoms with Crippen LogP contribution in [0.25, 0.3) is 22.5 Å². The molecule has 106 valence electrons. The molecule has 0 radical (unpaired) electrons. The van der Waals surface area contributed by atoms with Crippen LogP contribution in [-0.2, 0) is 6.54 Å². The molecule has 5 heteroatoms. The fraction of sp³-hybridized carbons (Fsp3) is 0.125. The van der Waals surface area contributed by atoms with Crippen LogP contribution in [0.1, 0.15) is 6.92 Å². The smallest absolute Gasteiger partial charge is 0.294 e. The minimum Gasteiger partial charge on any atom is -0.480 e. The number of rotatable bonds is 3. The molecule has 1 aromatic carbocycles. The van der Waals surface area contributed by atoms with Crippen molar-refractivity contribution in [2.45, 2.75) is 13.5 Å². The van der Waals surface area contributed by atoms with E-state index in [-0.39, 0.29) is 6.01 Å². The summed E-state index contributed by atoms with van der Waals surface area (Å²) in [7, 11) is 0. The Morgan fingerprint density at radius 1 is 1.05 bits per heavy atom. The van der Waals surface area contributed by atoms with E-state index in [1.165, 1.54) is 0 Å². The lowest BCUT2D eigenvalue weighted by atomic mass is 10.1. The molecule has 4 nitrogen and oxygen atoms in total. The van der Waals surface area contributed by atoms with Gasteiger partial charge in [0.15, 0.2) is 0 Å². The molecule has 0 aliphatic carbocycles. The van der Waals surface area contributed by atoms with Gasteiger partial charge < -0.3 is 5.11 Å². The number of benzene rings is 1. The molecule has 0 bridgehead atoms. The van der Waals surface area contributed by atoms with E-state index >= 15 is 0 Å². The molecule has 0 aliphatic rings. The van der Waals surface area contributed by atoms with Gasteiger partial charge in [0.2, 0.25) is 0 Å². The van der Waals surface area contributed by atoms with Crippen LogP contribution in [0, 0.1) is 0 Å². The molecule has 3 aromatic rings. The maximum Gasteiger partial charge on any atom is 0.294 e. The third-order valence-corrected chi connectivity index (χ3v) is 3.59. The maximum absolute atomic E-state index is 10.1. The molecule has 0 saturated carbocycles. The minimum atomic E-state index is 0.00858. The highest BCUT2D eigenvalue weighted by Gasteiger charge is 2.18. The van der Waals surface area contributed by atoms with E-state index in [9.17, 15) is 5.11 Å². The largest absolute Gasteiger partial charge is 0.480 e. The van der Waals surface area contributed by atoms with E-state index < -0.39 is 0 Å². The predicted molar refractivity (Wildman–Crippen MR) is 83.2 cm³/mol. The molecule has 0 saturated heterocycles. The van der Waals surface area contributed by atoms with E-state index in [0.717, 1.165) is 22.5 Å². The van der Waals surface area contributed by atoms with Crippen molar-refractivity contribution in [1.29, 1.82) is 0 Å². The summed E-state index contributed by atoms with van der Waals surface area (Å²) in [6.07, 6.45) is 3.42. The molecule has 0 aliphatic heterocycles. The van der Waals surface area contributed by atoms with Crippen molar-refractivity contribution in [1.82, 2.24) is 14.5 Å². The summed E-state index contributed by atoms with van der Waals surface area (Å²) in [6.45, 7) is 2.60. The van der Waals surface area contributed by atoms with Crippen LogP contribution >= 0.6 is 11.6 Å². The molecule has 0 fully saturated rings. The normalized spacial score (nSPS) is 10.8. The number of aromatic hydroxyl groups is 1. The fourth-order valence-electron chi connectivity index (χ4n) is 2.35. The van der Waals surface area contributed by atoms with Crippen molar-refractivity contribution in [3.05, 3.63) is 53.8 Å². The van der Waals surface area contributed by atoms with Gasteiger partial charge in [-0.25, -0.2) is 0 Å². The highest BCUT2D eigenvalue weighted by Crippen LogP contribution is 2.35. The van der Waals surface area contributed by atoms with Gasteiger partial charge in [0.1, 0.15) is 5.69 Å². The zero-order chi connectivity index (χ0) is 14.8. The zero-order valence-corrected chi connectivity index (χ0v) is 12.2. The lowest BCUT2D eigenvalue weighted by Crippen LogP contribution is -1.97. The van der Waals surface area contributed by atoms with Crippen LogP contribution in [0.2, 0.25) is 5.02 Å². The molecular weight excluding hydrogens is 286 g/mol. The van der Waals surface area contributed by atoms with Crippen LogP contribution in [0.3, 0.4) is 0 Å². The van der Waals surface area contributed by atoms with Gasteiger partial charge in [-0.15, -0.1) is 0 Å². The van der Waals surface area contributed by atoms with Crippen LogP contribution in [0.5, 0.6) is 6.01 Å². The van der Waals surface area contributed by atoms with Crippen molar-refractivity contribution >= 4 is 11.6 Å². The maximum atomic E-state index is 10.1. The van der Waals surface area contributed by atoms with E-state index in [1.54, 1.807) is 17.0 Å².